The molecular formula is C17H37N. The molecule has 0 aliphatic heterocycles. The van der Waals surface area contributed by atoms with Crippen LogP contribution in [-0.4, -0.2) is 0 Å². The molecule has 18 heavy (non-hydrogen) atoms. The highest BCUT2D eigenvalue weighted by molar-refractivity contribution is 4.62. The van der Waals surface area contributed by atoms with Crippen LogP contribution in [0.5, 0.6) is 0 Å². The summed E-state index contributed by atoms with van der Waals surface area (Å²) in [6.07, 6.45) is 22.4. The average molecular weight is 255 g/mol. The molecule has 0 saturated heterocycles. The molecule has 1 saturated carbocycles. The van der Waals surface area contributed by atoms with Crippen LogP contribution in [0, 0.1) is 5.92 Å². The minimum atomic E-state index is 0. The van der Waals surface area contributed by atoms with Crippen molar-refractivity contribution < 1.29 is 0 Å². The van der Waals surface area contributed by atoms with Gasteiger partial charge in [0.25, 0.3) is 0 Å². The molecule has 0 atom stereocenters. The maximum absolute atomic E-state index is 2.31. The van der Waals surface area contributed by atoms with Crippen LogP contribution >= 0.6 is 0 Å². The Bertz CT molecular complexity index is 144. The number of unbranched alkanes of at least 4 members (excludes halogenated alkanes) is 3. The van der Waals surface area contributed by atoms with E-state index in [1.807, 2.05) is 0 Å². The van der Waals surface area contributed by atoms with Gasteiger partial charge in [-0.25, -0.2) is 0 Å². The van der Waals surface area contributed by atoms with Crippen LogP contribution in [0.3, 0.4) is 0 Å². The summed E-state index contributed by atoms with van der Waals surface area (Å²) in [5.74, 6) is 1.07. The summed E-state index contributed by atoms with van der Waals surface area (Å²) in [7, 11) is 0. The largest absolute Gasteiger partial charge is 0.344 e. The van der Waals surface area contributed by atoms with Gasteiger partial charge in [0.1, 0.15) is 0 Å². The van der Waals surface area contributed by atoms with Gasteiger partial charge >= 0.3 is 0 Å². The number of hydrogen-bond donors (Lipinski definition) is 1. The standard InChI is InChI=1S/C17H34.H3N/c1-2-3-4-11-14-17-15-12-9-7-5-6-8-10-13-16-17;/h17H,2-16H2,1H3;1H3. The van der Waals surface area contributed by atoms with E-state index in [0.717, 1.165) is 5.92 Å². The van der Waals surface area contributed by atoms with Crippen molar-refractivity contribution in [2.75, 3.05) is 0 Å². The van der Waals surface area contributed by atoms with Crippen molar-refractivity contribution in [1.29, 1.82) is 0 Å². The van der Waals surface area contributed by atoms with Gasteiger partial charge in [-0.1, -0.05) is 103 Å². The van der Waals surface area contributed by atoms with Gasteiger partial charge in [0.2, 0.25) is 0 Å². The summed E-state index contributed by atoms with van der Waals surface area (Å²) in [5, 5.41) is 0. The molecule has 0 aromatic heterocycles. The molecule has 0 bridgehead atoms. The lowest BCUT2D eigenvalue weighted by atomic mass is 9.90. The van der Waals surface area contributed by atoms with E-state index in [9.17, 15) is 0 Å². The normalized spacial score (nSPS) is 19.8. The van der Waals surface area contributed by atoms with Crippen LogP contribution in [0.15, 0.2) is 0 Å². The predicted octanol–water partition coefficient (Wildman–Crippen LogP) is 6.65. The van der Waals surface area contributed by atoms with Crippen LogP contribution in [0.1, 0.15) is 103 Å². The molecule has 110 valence electrons. The molecule has 0 aromatic carbocycles. The Morgan fingerprint density at radius 1 is 0.667 bits per heavy atom. The summed E-state index contributed by atoms with van der Waals surface area (Å²) in [6, 6.07) is 0. The molecule has 1 aliphatic carbocycles. The van der Waals surface area contributed by atoms with E-state index in [4.69, 9.17) is 0 Å². The van der Waals surface area contributed by atoms with Crippen LogP contribution in [-0.2, 0) is 0 Å². The second kappa shape index (κ2) is 13.4. The smallest absolute Gasteiger partial charge is 0.0414 e. The monoisotopic (exact) mass is 255 g/mol. The third kappa shape index (κ3) is 9.94. The van der Waals surface area contributed by atoms with Crippen molar-refractivity contribution in [1.82, 2.24) is 6.15 Å². The van der Waals surface area contributed by atoms with Gasteiger partial charge in [-0.2, -0.15) is 0 Å². The molecule has 0 radical (unpaired) electrons. The lowest BCUT2D eigenvalue weighted by Gasteiger charge is -2.16. The van der Waals surface area contributed by atoms with Crippen molar-refractivity contribution in [3.63, 3.8) is 0 Å². The maximum atomic E-state index is 2.31. The Morgan fingerprint density at radius 2 is 1.17 bits per heavy atom. The van der Waals surface area contributed by atoms with Crippen molar-refractivity contribution in [3.05, 3.63) is 0 Å². The summed E-state index contributed by atoms with van der Waals surface area (Å²) in [6.45, 7) is 2.31. The zero-order valence-corrected chi connectivity index (χ0v) is 12.9. The fourth-order valence-corrected chi connectivity index (χ4v) is 3.22. The molecule has 0 spiro atoms. The Hall–Kier alpha value is -0.0400. The first kappa shape index (κ1) is 18.0. The first-order valence-electron chi connectivity index (χ1n) is 8.43. The fraction of sp³-hybridized carbons (Fsp3) is 1.00. The van der Waals surface area contributed by atoms with E-state index >= 15 is 0 Å². The van der Waals surface area contributed by atoms with Gasteiger partial charge in [0, 0.05) is 0 Å². The SMILES string of the molecule is CCCCCCC1CCCCCCCCCC1.N. The topological polar surface area (TPSA) is 35.0 Å². The number of rotatable bonds is 5. The molecule has 1 nitrogen and oxygen atoms in total. The molecule has 1 fully saturated rings. The average Bonchev–Trinajstić information content (AvgIpc) is 2.40. The zero-order chi connectivity index (χ0) is 12.2. The van der Waals surface area contributed by atoms with Crippen LogP contribution in [0.25, 0.3) is 0 Å². The van der Waals surface area contributed by atoms with Crippen molar-refractivity contribution in [2.45, 2.75) is 103 Å². The maximum Gasteiger partial charge on any atom is -0.0414 e. The van der Waals surface area contributed by atoms with Crippen molar-refractivity contribution in [2.24, 2.45) is 5.92 Å². The quantitative estimate of drug-likeness (QED) is 0.548. The van der Waals surface area contributed by atoms with Crippen LogP contribution < -0.4 is 6.15 Å². The van der Waals surface area contributed by atoms with E-state index < -0.39 is 0 Å². The Morgan fingerprint density at radius 3 is 1.67 bits per heavy atom. The van der Waals surface area contributed by atoms with Gasteiger partial charge in [-0.3, -0.25) is 0 Å². The van der Waals surface area contributed by atoms with Gasteiger partial charge < -0.3 is 6.15 Å². The molecule has 0 aromatic rings. The van der Waals surface area contributed by atoms with Gasteiger partial charge in [0.05, 0.1) is 0 Å². The highest BCUT2D eigenvalue weighted by Gasteiger charge is 2.09. The highest BCUT2D eigenvalue weighted by Crippen LogP contribution is 2.25. The third-order valence-corrected chi connectivity index (χ3v) is 4.44. The third-order valence-electron chi connectivity index (χ3n) is 4.44. The van der Waals surface area contributed by atoms with Gasteiger partial charge in [-0.05, 0) is 5.92 Å². The summed E-state index contributed by atoms with van der Waals surface area (Å²) >= 11 is 0. The fourth-order valence-electron chi connectivity index (χ4n) is 3.22. The first-order chi connectivity index (χ1) is 8.43. The van der Waals surface area contributed by atoms with Crippen molar-refractivity contribution >= 4 is 0 Å². The predicted molar refractivity (Wildman–Crippen MR) is 83.4 cm³/mol. The lowest BCUT2D eigenvalue weighted by Crippen LogP contribution is -2.01. The molecule has 1 rings (SSSR count). The Kier molecular flexibility index (Phi) is 13.4. The molecule has 0 heterocycles. The molecular weight excluding hydrogens is 218 g/mol. The second-order valence-electron chi connectivity index (χ2n) is 6.12. The Balaban J connectivity index is 0.00000289. The molecule has 1 aliphatic rings. The lowest BCUT2D eigenvalue weighted by molar-refractivity contribution is 0.374. The van der Waals surface area contributed by atoms with E-state index in [-0.39, 0.29) is 6.15 Å². The van der Waals surface area contributed by atoms with Crippen LogP contribution in [0.4, 0.5) is 0 Å². The van der Waals surface area contributed by atoms with Crippen molar-refractivity contribution in [3.8, 4) is 0 Å². The van der Waals surface area contributed by atoms with E-state index in [1.165, 1.54) is 96.3 Å². The molecule has 3 N–H and O–H groups in total. The highest BCUT2D eigenvalue weighted by atomic mass is 14.1. The zero-order valence-electron chi connectivity index (χ0n) is 12.9. The second-order valence-corrected chi connectivity index (χ2v) is 6.12. The summed E-state index contributed by atoms with van der Waals surface area (Å²) in [4.78, 5) is 0. The molecule has 1 heteroatoms. The van der Waals surface area contributed by atoms with E-state index in [0.29, 0.717) is 0 Å². The van der Waals surface area contributed by atoms with E-state index in [2.05, 4.69) is 6.92 Å². The summed E-state index contributed by atoms with van der Waals surface area (Å²) < 4.78 is 0. The van der Waals surface area contributed by atoms with Crippen LogP contribution in [0.2, 0.25) is 0 Å². The van der Waals surface area contributed by atoms with Gasteiger partial charge in [0.15, 0.2) is 0 Å². The van der Waals surface area contributed by atoms with Gasteiger partial charge in [-0.15, -0.1) is 0 Å². The summed E-state index contributed by atoms with van der Waals surface area (Å²) in [5.41, 5.74) is 0. The first-order valence-corrected chi connectivity index (χ1v) is 8.43. The van der Waals surface area contributed by atoms with E-state index in [1.54, 1.807) is 0 Å². The minimum absolute atomic E-state index is 0. The Labute approximate surface area is 116 Å². The molecule has 0 amide bonds. The minimum Gasteiger partial charge on any atom is -0.344 e. The number of hydrogen-bond acceptors (Lipinski definition) is 1. The molecule has 0 unspecified atom stereocenters.